The van der Waals surface area contributed by atoms with Crippen molar-refractivity contribution >= 4 is 15.9 Å². The highest BCUT2D eigenvalue weighted by atomic mass is 79.9. The summed E-state index contributed by atoms with van der Waals surface area (Å²) < 4.78 is 6.48. The first-order valence-corrected chi connectivity index (χ1v) is 8.18. The number of halogens is 1. The van der Waals surface area contributed by atoms with Gasteiger partial charge < -0.3 is 9.64 Å². The van der Waals surface area contributed by atoms with Gasteiger partial charge in [-0.1, -0.05) is 22.9 Å². The number of methoxy groups -OCH3 is 1. The lowest BCUT2D eigenvalue weighted by molar-refractivity contribution is 0.127. The minimum absolute atomic E-state index is 0.691. The van der Waals surface area contributed by atoms with E-state index < -0.39 is 0 Å². The van der Waals surface area contributed by atoms with Gasteiger partial charge in [0, 0.05) is 17.1 Å². The third-order valence-electron chi connectivity index (χ3n) is 4.30. The van der Waals surface area contributed by atoms with E-state index >= 15 is 0 Å². The molecular formula is C16H25BrN2O. The summed E-state index contributed by atoms with van der Waals surface area (Å²) in [5, 5.41) is 0. The normalized spacial score (nSPS) is 17.6. The molecular weight excluding hydrogens is 316 g/mol. The average Bonchev–Trinajstić information content (AvgIpc) is 2.49. The molecule has 1 saturated heterocycles. The molecule has 20 heavy (non-hydrogen) atoms. The first kappa shape index (κ1) is 15.8. The summed E-state index contributed by atoms with van der Waals surface area (Å²) in [4.78, 5) is 5.01. The van der Waals surface area contributed by atoms with Gasteiger partial charge in [-0.15, -0.1) is 0 Å². The molecule has 0 bridgehead atoms. The number of hydrogen-bond donors (Lipinski definition) is 0. The second kappa shape index (κ2) is 7.43. The van der Waals surface area contributed by atoms with Gasteiger partial charge in [-0.25, -0.2) is 0 Å². The molecule has 1 aromatic carbocycles. The largest absolute Gasteiger partial charge is 0.497 e. The third kappa shape index (κ3) is 3.96. The molecule has 1 aromatic rings. The number of rotatable bonds is 5. The number of benzene rings is 1. The van der Waals surface area contributed by atoms with Gasteiger partial charge in [0.05, 0.1) is 7.11 Å². The predicted molar refractivity (Wildman–Crippen MR) is 87.3 cm³/mol. The van der Waals surface area contributed by atoms with Crippen molar-refractivity contribution in [3.63, 3.8) is 0 Å². The molecule has 0 spiro atoms. The zero-order valence-electron chi connectivity index (χ0n) is 12.7. The van der Waals surface area contributed by atoms with Crippen molar-refractivity contribution in [2.75, 3.05) is 33.8 Å². The lowest BCUT2D eigenvalue weighted by Gasteiger charge is -2.36. The van der Waals surface area contributed by atoms with Crippen LogP contribution in [0.2, 0.25) is 0 Å². The van der Waals surface area contributed by atoms with Crippen molar-refractivity contribution in [1.29, 1.82) is 0 Å². The van der Waals surface area contributed by atoms with Gasteiger partial charge in [0.15, 0.2) is 0 Å². The Kier molecular flexibility index (Phi) is 5.87. The van der Waals surface area contributed by atoms with Gasteiger partial charge in [-0.05, 0) is 63.3 Å². The molecule has 1 aliphatic heterocycles. The van der Waals surface area contributed by atoms with Crippen LogP contribution in [0.3, 0.4) is 0 Å². The van der Waals surface area contributed by atoms with Crippen LogP contribution in [0.15, 0.2) is 22.7 Å². The van der Waals surface area contributed by atoms with E-state index in [1.165, 1.54) is 38.0 Å². The van der Waals surface area contributed by atoms with Crippen molar-refractivity contribution < 1.29 is 4.74 Å². The van der Waals surface area contributed by atoms with E-state index in [-0.39, 0.29) is 0 Å². The van der Waals surface area contributed by atoms with Gasteiger partial charge in [-0.3, -0.25) is 4.90 Å². The molecule has 0 atom stereocenters. The maximum absolute atomic E-state index is 5.32. The molecule has 112 valence electrons. The fourth-order valence-corrected chi connectivity index (χ4v) is 3.25. The zero-order chi connectivity index (χ0) is 14.5. The van der Waals surface area contributed by atoms with Crippen molar-refractivity contribution in [2.45, 2.75) is 32.4 Å². The van der Waals surface area contributed by atoms with Crippen molar-refractivity contribution in [3.8, 4) is 5.75 Å². The Morgan fingerprint density at radius 3 is 2.65 bits per heavy atom. The monoisotopic (exact) mass is 340 g/mol. The number of nitrogens with zero attached hydrogens (tertiary/aromatic N) is 2. The van der Waals surface area contributed by atoms with E-state index in [4.69, 9.17) is 4.74 Å². The lowest BCUT2D eigenvalue weighted by atomic mass is 10.0. The molecule has 0 radical (unpaired) electrons. The average molecular weight is 341 g/mol. The van der Waals surface area contributed by atoms with E-state index in [0.29, 0.717) is 6.04 Å². The zero-order valence-corrected chi connectivity index (χ0v) is 14.3. The first-order chi connectivity index (χ1) is 9.63. The Morgan fingerprint density at radius 1 is 1.35 bits per heavy atom. The molecule has 0 unspecified atom stereocenters. The summed E-state index contributed by atoms with van der Waals surface area (Å²) >= 11 is 3.64. The van der Waals surface area contributed by atoms with Crippen LogP contribution in [0.5, 0.6) is 5.75 Å². The van der Waals surface area contributed by atoms with E-state index in [0.717, 1.165) is 16.8 Å². The molecule has 1 fully saturated rings. The SMILES string of the molecule is CCN1CCC(N(C)Cc2cc(OC)ccc2Br)CC1. The summed E-state index contributed by atoms with van der Waals surface area (Å²) in [5.41, 5.74) is 1.30. The summed E-state index contributed by atoms with van der Waals surface area (Å²) in [5.74, 6) is 0.928. The summed E-state index contributed by atoms with van der Waals surface area (Å²) in [6.07, 6.45) is 2.54. The van der Waals surface area contributed by atoms with E-state index in [2.05, 4.69) is 51.8 Å². The maximum atomic E-state index is 5.32. The molecule has 0 aromatic heterocycles. The highest BCUT2D eigenvalue weighted by Crippen LogP contribution is 2.25. The lowest BCUT2D eigenvalue weighted by Crippen LogP contribution is -2.42. The van der Waals surface area contributed by atoms with Crippen molar-refractivity contribution in [1.82, 2.24) is 9.80 Å². The molecule has 1 heterocycles. The van der Waals surface area contributed by atoms with Crippen LogP contribution >= 0.6 is 15.9 Å². The maximum Gasteiger partial charge on any atom is 0.119 e. The van der Waals surface area contributed by atoms with Crippen LogP contribution in [0.25, 0.3) is 0 Å². The Bertz CT molecular complexity index is 430. The second-order valence-electron chi connectivity index (χ2n) is 5.54. The van der Waals surface area contributed by atoms with E-state index in [1.807, 2.05) is 6.07 Å². The summed E-state index contributed by atoms with van der Waals surface area (Å²) in [7, 11) is 3.95. The van der Waals surface area contributed by atoms with Gasteiger partial charge in [-0.2, -0.15) is 0 Å². The Hall–Kier alpha value is -0.580. The van der Waals surface area contributed by atoms with Gasteiger partial charge in [0.25, 0.3) is 0 Å². The third-order valence-corrected chi connectivity index (χ3v) is 5.07. The van der Waals surface area contributed by atoms with Crippen LogP contribution in [-0.2, 0) is 6.54 Å². The van der Waals surface area contributed by atoms with Gasteiger partial charge in [0.1, 0.15) is 5.75 Å². The Balaban J connectivity index is 1.96. The van der Waals surface area contributed by atoms with Crippen molar-refractivity contribution in [2.24, 2.45) is 0 Å². The molecule has 0 aliphatic carbocycles. The molecule has 4 heteroatoms. The first-order valence-electron chi connectivity index (χ1n) is 7.39. The van der Waals surface area contributed by atoms with Crippen LogP contribution in [0, 0.1) is 0 Å². The number of hydrogen-bond acceptors (Lipinski definition) is 3. The molecule has 1 aliphatic rings. The molecule has 0 amide bonds. The molecule has 2 rings (SSSR count). The Morgan fingerprint density at radius 2 is 2.05 bits per heavy atom. The second-order valence-corrected chi connectivity index (χ2v) is 6.39. The standard InChI is InChI=1S/C16H25BrN2O/c1-4-19-9-7-14(8-10-19)18(2)12-13-11-15(20-3)5-6-16(13)17/h5-6,11,14H,4,7-10,12H2,1-3H3. The molecule has 3 nitrogen and oxygen atoms in total. The number of likely N-dealkylation sites (tertiary alicyclic amines) is 1. The van der Waals surface area contributed by atoms with Gasteiger partial charge >= 0.3 is 0 Å². The quantitative estimate of drug-likeness (QED) is 0.817. The highest BCUT2D eigenvalue weighted by molar-refractivity contribution is 9.10. The minimum Gasteiger partial charge on any atom is -0.497 e. The van der Waals surface area contributed by atoms with Crippen molar-refractivity contribution in [3.05, 3.63) is 28.2 Å². The van der Waals surface area contributed by atoms with E-state index in [1.54, 1.807) is 7.11 Å². The fraction of sp³-hybridized carbons (Fsp3) is 0.625. The topological polar surface area (TPSA) is 15.7 Å². The van der Waals surface area contributed by atoms with Crippen LogP contribution in [0.1, 0.15) is 25.3 Å². The number of piperidine rings is 1. The summed E-state index contributed by atoms with van der Waals surface area (Å²) in [6.45, 7) is 6.85. The predicted octanol–water partition coefficient (Wildman–Crippen LogP) is 3.37. The fourth-order valence-electron chi connectivity index (χ4n) is 2.87. The molecule has 0 saturated carbocycles. The highest BCUT2D eigenvalue weighted by Gasteiger charge is 2.22. The van der Waals surface area contributed by atoms with Crippen LogP contribution in [-0.4, -0.2) is 49.6 Å². The van der Waals surface area contributed by atoms with Crippen LogP contribution in [0.4, 0.5) is 0 Å². The van der Waals surface area contributed by atoms with Gasteiger partial charge in [0.2, 0.25) is 0 Å². The summed E-state index contributed by atoms with van der Waals surface area (Å²) in [6, 6.07) is 6.88. The Labute approximate surface area is 131 Å². The minimum atomic E-state index is 0.691. The smallest absolute Gasteiger partial charge is 0.119 e. The molecule has 0 N–H and O–H groups in total. The van der Waals surface area contributed by atoms with Crippen LogP contribution < -0.4 is 4.74 Å². The number of ether oxygens (including phenoxy) is 1. The van der Waals surface area contributed by atoms with E-state index in [9.17, 15) is 0 Å².